The molecule has 2 aromatic rings. The van der Waals surface area contributed by atoms with Gasteiger partial charge in [-0.1, -0.05) is 24.3 Å². The number of hydrogen-bond donors (Lipinski definition) is 2. The number of aromatic nitrogens is 1. The van der Waals surface area contributed by atoms with Gasteiger partial charge in [0.2, 0.25) is 0 Å². The quantitative estimate of drug-likeness (QED) is 0.885. The number of carboxylic acid groups (broad SMARTS) is 1. The second-order valence-corrected chi connectivity index (χ2v) is 6.83. The highest BCUT2D eigenvalue weighted by Crippen LogP contribution is 2.32. The number of benzene rings is 1. The predicted octanol–water partition coefficient (Wildman–Crippen LogP) is 2.66. The van der Waals surface area contributed by atoms with Gasteiger partial charge in [0.15, 0.2) is 0 Å². The zero-order chi connectivity index (χ0) is 14.8. The lowest BCUT2D eigenvalue weighted by atomic mass is 10.1. The summed E-state index contributed by atoms with van der Waals surface area (Å²) < 4.78 is -0.539. The Morgan fingerprint density at radius 1 is 1.40 bits per heavy atom. The second kappa shape index (κ2) is 5.81. The zero-order valence-electron chi connectivity index (χ0n) is 11.5. The number of nitrogens with zero attached hydrogens (tertiary/aromatic N) is 1. The Morgan fingerprint density at radius 3 is 2.80 bits per heavy atom. The van der Waals surface area contributed by atoms with Crippen LogP contribution in [0.2, 0.25) is 0 Å². The predicted molar refractivity (Wildman–Crippen MR) is 82.7 cm³/mol. The van der Waals surface area contributed by atoms with Crippen molar-refractivity contribution in [1.82, 2.24) is 4.98 Å². The van der Waals surface area contributed by atoms with E-state index in [2.05, 4.69) is 4.98 Å². The van der Waals surface area contributed by atoms with Gasteiger partial charge in [0.1, 0.15) is 6.04 Å². The summed E-state index contributed by atoms with van der Waals surface area (Å²) in [4.78, 5) is 15.4. The first-order chi connectivity index (χ1) is 9.42. The number of hydrogen-bond acceptors (Lipinski definition) is 4. The van der Waals surface area contributed by atoms with Crippen molar-refractivity contribution in [1.29, 1.82) is 0 Å². The van der Waals surface area contributed by atoms with Gasteiger partial charge in [-0.25, -0.2) is 0 Å². The number of nitrogens with two attached hydrogens (primary N) is 1. The minimum atomic E-state index is -0.974. The van der Waals surface area contributed by atoms with E-state index in [1.807, 2.05) is 44.2 Å². The van der Waals surface area contributed by atoms with E-state index in [4.69, 9.17) is 10.8 Å². The summed E-state index contributed by atoms with van der Waals surface area (Å²) in [6, 6.07) is 9.06. The van der Waals surface area contributed by atoms with Crippen LogP contribution in [0.5, 0.6) is 0 Å². The molecule has 1 atom stereocenters. The molecule has 0 amide bonds. The van der Waals surface area contributed by atoms with Crippen molar-refractivity contribution in [2.75, 3.05) is 0 Å². The number of carbonyl (C=O) groups is 1. The molecule has 106 valence electrons. The summed E-state index contributed by atoms with van der Waals surface area (Å²) in [6.07, 6.45) is 1.77. The molecule has 1 aromatic carbocycles. The summed E-state index contributed by atoms with van der Waals surface area (Å²) in [7, 11) is 0. The molecule has 0 aliphatic heterocycles. The Hall–Kier alpha value is -1.59. The van der Waals surface area contributed by atoms with E-state index in [1.165, 1.54) is 11.8 Å². The fourth-order valence-corrected chi connectivity index (χ4v) is 2.98. The normalized spacial score (nSPS) is 13.3. The largest absolute Gasteiger partial charge is 0.480 e. The molecule has 1 aromatic heterocycles. The summed E-state index contributed by atoms with van der Waals surface area (Å²) in [5, 5.41) is 10.1. The second-order valence-electron chi connectivity index (χ2n) is 5.20. The third-order valence-electron chi connectivity index (χ3n) is 3.33. The van der Waals surface area contributed by atoms with E-state index in [-0.39, 0.29) is 0 Å². The van der Waals surface area contributed by atoms with E-state index in [9.17, 15) is 4.79 Å². The van der Waals surface area contributed by atoms with Gasteiger partial charge < -0.3 is 10.8 Å². The van der Waals surface area contributed by atoms with E-state index in [0.717, 1.165) is 16.5 Å². The standard InChI is InChI=1S/C15H18N2O2S/c1-15(2,13(16)14(18)19)20-9-11-6-3-5-10-7-4-8-17-12(10)11/h3-8,13H,9,16H2,1-2H3,(H,18,19)/t13-/m0/s1. The van der Waals surface area contributed by atoms with Crippen LogP contribution in [0, 0.1) is 0 Å². The summed E-state index contributed by atoms with van der Waals surface area (Å²) in [6.45, 7) is 3.71. The Morgan fingerprint density at radius 2 is 2.10 bits per heavy atom. The molecule has 0 fully saturated rings. The van der Waals surface area contributed by atoms with Crippen molar-refractivity contribution in [3.63, 3.8) is 0 Å². The van der Waals surface area contributed by atoms with Crippen LogP contribution in [-0.4, -0.2) is 26.8 Å². The Bertz CT molecular complexity index is 623. The first-order valence-electron chi connectivity index (χ1n) is 6.37. The van der Waals surface area contributed by atoms with Crippen LogP contribution in [0.4, 0.5) is 0 Å². The van der Waals surface area contributed by atoms with Crippen LogP contribution in [0.25, 0.3) is 10.9 Å². The number of pyridine rings is 1. The van der Waals surface area contributed by atoms with Gasteiger partial charge in [0.25, 0.3) is 0 Å². The highest BCUT2D eigenvalue weighted by Gasteiger charge is 2.32. The summed E-state index contributed by atoms with van der Waals surface area (Å²) in [5.41, 5.74) is 7.79. The summed E-state index contributed by atoms with van der Waals surface area (Å²) in [5.74, 6) is -0.291. The van der Waals surface area contributed by atoms with Gasteiger partial charge in [-0.3, -0.25) is 9.78 Å². The van der Waals surface area contributed by atoms with Crippen molar-refractivity contribution in [2.45, 2.75) is 30.4 Å². The maximum Gasteiger partial charge on any atom is 0.321 e. The smallest absolute Gasteiger partial charge is 0.321 e. The molecular weight excluding hydrogens is 272 g/mol. The van der Waals surface area contributed by atoms with Gasteiger partial charge in [0.05, 0.1) is 5.52 Å². The Kier molecular flexibility index (Phi) is 4.30. The van der Waals surface area contributed by atoms with Crippen LogP contribution in [0.3, 0.4) is 0 Å². The van der Waals surface area contributed by atoms with Gasteiger partial charge in [-0.05, 0) is 25.5 Å². The van der Waals surface area contributed by atoms with Crippen molar-refractivity contribution < 1.29 is 9.90 Å². The molecule has 2 rings (SSSR count). The monoisotopic (exact) mass is 290 g/mol. The SMILES string of the molecule is CC(C)(SCc1cccc2cccnc12)[C@@H](N)C(=O)O. The maximum absolute atomic E-state index is 11.0. The molecule has 3 N–H and O–H groups in total. The fourth-order valence-electron chi connectivity index (χ4n) is 1.93. The molecule has 0 aliphatic carbocycles. The third-order valence-corrected chi connectivity index (χ3v) is 4.78. The molecule has 0 spiro atoms. The van der Waals surface area contributed by atoms with Crippen molar-refractivity contribution >= 4 is 28.6 Å². The molecule has 5 heteroatoms. The molecule has 1 heterocycles. The molecule has 0 unspecified atom stereocenters. The van der Waals surface area contributed by atoms with Crippen molar-refractivity contribution in [3.05, 3.63) is 42.1 Å². The van der Waals surface area contributed by atoms with Crippen molar-refractivity contribution in [2.24, 2.45) is 5.73 Å². The number of fused-ring (bicyclic) bond motifs is 1. The molecule has 0 saturated heterocycles. The number of carboxylic acids is 1. The minimum absolute atomic E-state index is 0.539. The van der Waals surface area contributed by atoms with Crippen LogP contribution < -0.4 is 5.73 Å². The molecule has 0 bridgehead atoms. The van der Waals surface area contributed by atoms with Gasteiger partial charge in [-0.2, -0.15) is 0 Å². The van der Waals surface area contributed by atoms with Gasteiger partial charge in [0, 0.05) is 22.1 Å². The lowest BCUT2D eigenvalue weighted by Crippen LogP contribution is -2.46. The first kappa shape index (κ1) is 14.8. The Balaban J connectivity index is 2.19. The van der Waals surface area contributed by atoms with Gasteiger partial charge in [-0.15, -0.1) is 11.8 Å². The van der Waals surface area contributed by atoms with Crippen LogP contribution in [0.1, 0.15) is 19.4 Å². The van der Waals surface area contributed by atoms with Gasteiger partial charge >= 0.3 is 5.97 Å². The Labute approximate surface area is 122 Å². The van der Waals surface area contributed by atoms with E-state index in [0.29, 0.717) is 5.75 Å². The van der Waals surface area contributed by atoms with E-state index >= 15 is 0 Å². The molecule has 0 saturated carbocycles. The number of para-hydroxylation sites is 1. The van der Waals surface area contributed by atoms with Crippen molar-refractivity contribution in [3.8, 4) is 0 Å². The zero-order valence-corrected chi connectivity index (χ0v) is 12.4. The molecule has 0 aliphatic rings. The number of thioether (sulfide) groups is 1. The lowest BCUT2D eigenvalue weighted by molar-refractivity contribution is -0.139. The highest BCUT2D eigenvalue weighted by molar-refractivity contribution is 7.99. The molecular formula is C15H18N2O2S. The van der Waals surface area contributed by atoms with E-state index in [1.54, 1.807) is 6.20 Å². The maximum atomic E-state index is 11.0. The number of rotatable bonds is 5. The van der Waals surface area contributed by atoms with Crippen LogP contribution in [-0.2, 0) is 10.5 Å². The summed E-state index contributed by atoms with van der Waals surface area (Å²) >= 11 is 1.54. The molecule has 4 nitrogen and oxygen atoms in total. The van der Waals surface area contributed by atoms with Crippen LogP contribution >= 0.6 is 11.8 Å². The minimum Gasteiger partial charge on any atom is -0.480 e. The topological polar surface area (TPSA) is 76.2 Å². The average Bonchev–Trinajstić information content (AvgIpc) is 2.44. The first-order valence-corrected chi connectivity index (χ1v) is 7.35. The van der Waals surface area contributed by atoms with Crippen LogP contribution in [0.15, 0.2) is 36.5 Å². The number of aliphatic carboxylic acids is 1. The fraction of sp³-hybridized carbons (Fsp3) is 0.333. The average molecular weight is 290 g/mol. The third kappa shape index (κ3) is 3.11. The lowest BCUT2D eigenvalue weighted by Gasteiger charge is -2.28. The highest BCUT2D eigenvalue weighted by atomic mass is 32.2. The molecule has 20 heavy (non-hydrogen) atoms. The molecule has 0 radical (unpaired) electrons. The van der Waals surface area contributed by atoms with E-state index < -0.39 is 16.8 Å².